The standard InChI is InChI=1S/C27H28F3N5O2/c1-17-33-23(20-14-32-35(24(20)34-17)19-9-5-4-6-10-19)31-16-26(36,27(28,29)30)15-25(2,3)21-11-7-8-18-12-13-37-22(18)21/h4-11,14,36H,12-13,15-16H2,1-3H3,(H,31,33,34). The molecule has 0 radical (unpaired) electrons. The van der Waals surface area contributed by atoms with Crippen LogP contribution in [-0.4, -0.2) is 49.8 Å². The molecule has 0 aliphatic carbocycles. The van der Waals surface area contributed by atoms with E-state index in [1.807, 2.05) is 42.5 Å². The lowest BCUT2D eigenvalue weighted by atomic mass is 9.74. The molecule has 0 saturated carbocycles. The molecule has 1 aliphatic heterocycles. The van der Waals surface area contributed by atoms with Crippen LogP contribution >= 0.6 is 0 Å². The lowest BCUT2D eigenvalue weighted by Gasteiger charge is -2.38. The minimum atomic E-state index is -4.90. The van der Waals surface area contributed by atoms with Crippen LogP contribution in [0.4, 0.5) is 19.0 Å². The van der Waals surface area contributed by atoms with Gasteiger partial charge in [0, 0.05) is 12.0 Å². The third kappa shape index (κ3) is 4.61. The maximum Gasteiger partial charge on any atom is 0.418 e. The van der Waals surface area contributed by atoms with Gasteiger partial charge < -0.3 is 15.2 Å². The number of para-hydroxylation sites is 2. The molecule has 2 aromatic carbocycles. The van der Waals surface area contributed by atoms with Gasteiger partial charge in [-0.3, -0.25) is 0 Å². The van der Waals surface area contributed by atoms with Crippen molar-refractivity contribution in [3.63, 3.8) is 0 Å². The normalized spacial score (nSPS) is 15.3. The zero-order chi connectivity index (χ0) is 26.4. The first kappa shape index (κ1) is 25.0. The Labute approximate surface area is 212 Å². The van der Waals surface area contributed by atoms with Gasteiger partial charge in [-0.2, -0.15) is 18.3 Å². The van der Waals surface area contributed by atoms with E-state index in [2.05, 4.69) is 20.4 Å². The van der Waals surface area contributed by atoms with Gasteiger partial charge in [0.25, 0.3) is 0 Å². The van der Waals surface area contributed by atoms with Crippen LogP contribution < -0.4 is 10.1 Å². The Hall–Kier alpha value is -3.66. The van der Waals surface area contributed by atoms with E-state index in [4.69, 9.17) is 4.74 Å². The number of aliphatic hydroxyl groups is 1. The number of ether oxygens (including phenoxy) is 1. The van der Waals surface area contributed by atoms with Crippen molar-refractivity contribution in [2.24, 2.45) is 0 Å². The fourth-order valence-electron chi connectivity index (χ4n) is 4.98. The molecule has 4 aromatic rings. The number of rotatable bonds is 7. The van der Waals surface area contributed by atoms with Crippen molar-refractivity contribution >= 4 is 16.9 Å². The number of aromatic nitrogens is 4. The Morgan fingerprint density at radius 2 is 1.81 bits per heavy atom. The van der Waals surface area contributed by atoms with Crippen molar-refractivity contribution in [3.8, 4) is 11.4 Å². The van der Waals surface area contributed by atoms with Crippen molar-refractivity contribution in [2.75, 3.05) is 18.5 Å². The van der Waals surface area contributed by atoms with E-state index in [0.717, 1.165) is 11.3 Å². The highest BCUT2D eigenvalue weighted by Crippen LogP contribution is 2.45. The minimum absolute atomic E-state index is 0.175. The van der Waals surface area contributed by atoms with E-state index in [0.29, 0.717) is 41.2 Å². The highest BCUT2D eigenvalue weighted by Gasteiger charge is 2.56. The van der Waals surface area contributed by atoms with Gasteiger partial charge >= 0.3 is 6.18 Å². The summed E-state index contributed by atoms with van der Waals surface area (Å²) in [4.78, 5) is 8.77. The second-order valence-corrected chi connectivity index (χ2v) is 10.1. The number of halogens is 3. The number of benzene rings is 2. The molecule has 7 nitrogen and oxygen atoms in total. The lowest BCUT2D eigenvalue weighted by molar-refractivity contribution is -0.260. The summed E-state index contributed by atoms with van der Waals surface area (Å²) in [6, 6.07) is 14.8. The van der Waals surface area contributed by atoms with Crippen molar-refractivity contribution in [1.29, 1.82) is 0 Å². The number of hydrogen-bond donors (Lipinski definition) is 2. The number of aryl methyl sites for hydroxylation is 1. The number of nitrogens with one attached hydrogen (secondary N) is 1. The van der Waals surface area contributed by atoms with Crippen LogP contribution in [0.25, 0.3) is 16.7 Å². The fourth-order valence-corrected chi connectivity index (χ4v) is 4.98. The van der Waals surface area contributed by atoms with E-state index >= 15 is 0 Å². The summed E-state index contributed by atoms with van der Waals surface area (Å²) < 4.78 is 50.5. The van der Waals surface area contributed by atoms with E-state index in [-0.39, 0.29) is 5.82 Å². The summed E-state index contributed by atoms with van der Waals surface area (Å²) >= 11 is 0. The maximum atomic E-state index is 14.4. The number of anilines is 1. The van der Waals surface area contributed by atoms with Gasteiger partial charge in [0.2, 0.25) is 0 Å². The molecule has 5 rings (SSSR count). The predicted molar refractivity (Wildman–Crippen MR) is 134 cm³/mol. The predicted octanol–water partition coefficient (Wildman–Crippen LogP) is 5.13. The number of nitrogens with zero attached hydrogens (tertiary/aromatic N) is 4. The van der Waals surface area contributed by atoms with E-state index in [9.17, 15) is 18.3 Å². The van der Waals surface area contributed by atoms with Gasteiger partial charge in [0.05, 0.1) is 30.4 Å². The van der Waals surface area contributed by atoms with Crippen molar-refractivity contribution in [3.05, 3.63) is 71.7 Å². The van der Waals surface area contributed by atoms with Crippen LogP contribution in [0, 0.1) is 6.92 Å². The van der Waals surface area contributed by atoms with E-state index < -0.39 is 30.2 Å². The van der Waals surface area contributed by atoms with Crippen LogP contribution in [0.15, 0.2) is 54.7 Å². The van der Waals surface area contributed by atoms with Crippen LogP contribution in [0.5, 0.6) is 5.75 Å². The Morgan fingerprint density at radius 1 is 1.05 bits per heavy atom. The SMILES string of the molecule is Cc1nc(NCC(O)(CC(C)(C)c2cccc3c2OCC3)C(F)(F)F)c2cnn(-c3ccccc3)c2n1. The zero-order valence-corrected chi connectivity index (χ0v) is 20.8. The van der Waals surface area contributed by atoms with Gasteiger partial charge in [0.15, 0.2) is 11.2 Å². The van der Waals surface area contributed by atoms with Crippen LogP contribution in [0.1, 0.15) is 37.2 Å². The molecule has 194 valence electrons. The number of fused-ring (bicyclic) bond motifs is 2. The summed E-state index contributed by atoms with van der Waals surface area (Å²) in [5.74, 6) is 1.15. The smallest absolute Gasteiger partial charge is 0.418 e. The molecule has 3 heterocycles. The second-order valence-electron chi connectivity index (χ2n) is 10.1. The molecule has 0 spiro atoms. The average Bonchev–Trinajstić information content (AvgIpc) is 3.49. The highest BCUT2D eigenvalue weighted by atomic mass is 19.4. The van der Waals surface area contributed by atoms with Gasteiger partial charge in [-0.15, -0.1) is 0 Å². The van der Waals surface area contributed by atoms with Crippen molar-refractivity contribution in [1.82, 2.24) is 19.7 Å². The first-order chi connectivity index (χ1) is 17.5. The van der Waals surface area contributed by atoms with Gasteiger partial charge in [-0.25, -0.2) is 14.6 Å². The quantitative estimate of drug-likeness (QED) is 0.358. The molecule has 0 fully saturated rings. The fraction of sp³-hybridized carbons (Fsp3) is 0.370. The average molecular weight is 512 g/mol. The molecule has 2 N–H and O–H groups in total. The molecule has 0 saturated heterocycles. The maximum absolute atomic E-state index is 14.4. The largest absolute Gasteiger partial charge is 0.493 e. The summed E-state index contributed by atoms with van der Waals surface area (Å²) in [6.45, 7) is 4.74. The van der Waals surface area contributed by atoms with Gasteiger partial charge in [-0.05, 0) is 36.5 Å². The van der Waals surface area contributed by atoms with Crippen molar-refractivity contribution < 1.29 is 23.0 Å². The lowest BCUT2D eigenvalue weighted by Crippen LogP contribution is -2.53. The molecule has 2 aromatic heterocycles. The van der Waals surface area contributed by atoms with E-state index in [1.54, 1.807) is 31.5 Å². The third-order valence-corrected chi connectivity index (χ3v) is 6.79. The summed E-state index contributed by atoms with van der Waals surface area (Å²) in [6.07, 6.45) is -3.26. The first-order valence-corrected chi connectivity index (χ1v) is 12.0. The van der Waals surface area contributed by atoms with Gasteiger partial charge in [0.1, 0.15) is 17.4 Å². The molecular weight excluding hydrogens is 483 g/mol. The summed E-state index contributed by atoms with van der Waals surface area (Å²) in [5.41, 5.74) is -1.25. The minimum Gasteiger partial charge on any atom is -0.493 e. The van der Waals surface area contributed by atoms with Crippen LogP contribution in [0.2, 0.25) is 0 Å². The van der Waals surface area contributed by atoms with Gasteiger partial charge in [-0.1, -0.05) is 50.2 Å². The number of alkyl halides is 3. The third-order valence-electron chi connectivity index (χ3n) is 6.79. The molecule has 1 atom stereocenters. The molecule has 37 heavy (non-hydrogen) atoms. The molecule has 0 bridgehead atoms. The summed E-state index contributed by atoms with van der Waals surface area (Å²) in [5, 5.41) is 18.7. The topological polar surface area (TPSA) is 85.1 Å². The van der Waals surface area contributed by atoms with Crippen molar-refractivity contribution in [2.45, 2.75) is 50.8 Å². The first-order valence-electron chi connectivity index (χ1n) is 12.0. The Morgan fingerprint density at radius 3 is 2.54 bits per heavy atom. The van der Waals surface area contributed by atoms with E-state index in [1.165, 1.54) is 6.20 Å². The Balaban J connectivity index is 1.46. The Kier molecular flexibility index (Phi) is 6.10. The molecule has 1 aliphatic rings. The molecule has 10 heteroatoms. The highest BCUT2D eigenvalue weighted by molar-refractivity contribution is 5.87. The molecule has 0 amide bonds. The zero-order valence-electron chi connectivity index (χ0n) is 20.8. The van der Waals surface area contributed by atoms with Crippen LogP contribution in [-0.2, 0) is 11.8 Å². The second kappa shape index (κ2) is 9.02. The Bertz CT molecular complexity index is 1440. The summed E-state index contributed by atoms with van der Waals surface area (Å²) in [7, 11) is 0. The monoisotopic (exact) mass is 511 g/mol. The molecule has 1 unspecified atom stereocenters. The van der Waals surface area contributed by atoms with Crippen LogP contribution in [0.3, 0.4) is 0 Å². The molecular formula is C27H28F3N5O2. The number of hydrogen-bond acceptors (Lipinski definition) is 6.